The lowest BCUT2D eigenvalue weighted by Gasteiger charge is -2.39. The molecule has 0 saturated carbocycles. The second-order valence-electron chi connectivity index (χ2n) is 11.2. The first-order valence-corrected chi connectivity index (χ1v) is 14.6. The van der Waals surface area contributed by atoms with Crippen molar-refractivity contribution in [2.24, 2.45) is 5.92 Å². The minimum atomic E-state index is -1.80. The maximum atomic E-state index is 11.6. The average Bonchev–Trinajstić information content (AvgIpc) is 3.30. The van der Waals surface area contributed by atoms with E-state index in [4.69, 9.17) is 23.7 Å². The van der Waals surface area contributed by atoms with Crippen LogP contribution in [0.15, 0.2) is 109 Å². The van der Waals surface area contributed by atoms with E-state index in [1.54, 1.807) is 14.2 Å². The molecule has 44 heavy (non-hydrogen) atoms. The van der Waals surface area contributed by atoms with Gasteiger partial charge in [-0.1, -0.05) is 84.9 Å². The highest BCUT2D eigenvalue weighted by molar-refractivity contribution is 5.49. The van der Waals surface area contributed by atoms with Gasteiger partial charge in [0.1, 0.15) is 28.8 Å². The van der Waals surface area contributed by atoms with Crippen LogP contribution in [-0.2, 0) is 26.4 Å². The lowest BCUT2D eigenvalue weighted by molar-refractivity contribution is -0.249. The van der Waals surface area contributed by atoms with Gasteiger partial charge in [0.2, 0.25) is 0 Å². The maximum Gasteiger partial charge on any atom is 0.171 e. The fourth-order valence-corrected chi connectivity index (χ4v) is 6.05. The van der Waals surface area contributed by atoms with Crippen molar-refractivity contribution in [1.82, 2.24) is 0 Å². The maximum absolute atomic E-state index is 11.6. The standard InChI is InChI=1S/C36H40O8/c1-34(39)32(33(35(24-37,25-38)44-34)42-22-26-10-6-4-7-11-26)23-43-36(27-12-8-5-9-13-27,28-14-18-30(40-2)19-15-28)29-16-20-31(41-3)21-17-29/h4-21,32-33,37-39H,22-25H2,1-3H3/t32-,33-,34-/m0/s1. The van der Waals surface area contributed by atoms with Crippen LogP contribution in [0.4, 0.5) is 0 Å². The fourth-order valence-electron chi connectivity index (χ4n) is 6.05. The molecule has 232 valence electrons. The van der Waals surface area contributed by atoms with Gasteiger partial charge in [-0.2, -0.15) is 0 Å². The molecule has 0 aliphatic carbocycles. The van der Waals surface area contributed by atoms with Crippen LogP contribution in [0.3, 0.4) is 0 Å². The third-order valence-corrected chi connectivity index (χ3v) is 8.44. The molecule has 8 heteroatoms. The van der Waals surface area contributed by atoms with Gasteiger partial charge in [0.15, 0.2) is 5.79 Å². The Morgan fingerprint density at radius 2 is 1.18 bits per heavy atom. The molecular formula is C36H40O8. The lowest BCUT2D eigenvalue weighted by atomic mass is 9.79. The second kappa shape index (κ2) is 13.5. The lowest BCUT2D eigenvalue weighted by Crippen LogP contribution is -2.50. The summed E-state index contributed by atoms with van der Waals surface area (Å²) < 4.78 is 30.3. The van der Waals surface area contributed by atoms with Crippen molar-refractivity contribution in [3.8, 4) is 11.5 Å². The molecule has 3 atom stereocenters. The van der Waals surface area contributed by atoms with Gasteiger partial charge in [-0.25, -0.2) is 0 Å². The van der Waals surface area contributed by atoms with Crippen molar-refractivity contribution in [3.63, 3.8) is 0 Å². The van der Waals surface area contributed by atoms with Crippen LogP contribution in [0.25, 0.3) is 0 Å². The van der Waals surface area contributed by atoms with E-state index in [0.717, 1.165) is 22.3 Å². The van der Waals surface area contributed by atoms with Crippen LogP contribution in [-0.4, -0.2) is 66.9 Å². The van der Waals surface area contributed by atoms with Crippen molar-refractivity contribution < 1.29 is 39.0 Å². The average molecular weight is 601 g/mol. The number of hydrogen-bond acceptors (Lipinski definition) is 8. The summed E-state index contributed by atoms with van der Waals surface area (Å²) in [5.41, 5.74) is 0.701. The molecule has 1 fully saturated rings. The van der Waals surface area contributed by atoms with Crippen LogP contribution in [0.5, 0.6) is 11.5 Å². The van der Waals surface area contributed by atoms with Gasteiger partial charge in [-0.3, -0.25) is 0 Å². The second-order valence-corrected chi connectivity index (χ2v) is 11.2. The first-order valence-electron chi connectivity index (χ1n) is 14.6. The molecule has 0 unspecified atom stereocenters. The highest BCUT2D eigenvalue weighted by Crippen LogP contribution is 2.47. The van der Waals surface area contributed by atoms with Crippen molar-refractivity contribution in [2.75, 3.05) is 34.0 Å². The minimum Gasteiger partial charge on any atom is -0.497 e. The molecule has 0 aromatic heterocycles. The summed E-state index contributed by atoms with van der Waals surface area (Å²) in [6.07, 6.45) is -0.909. The molecule has 8 nitrogen and oxygen atoms in total. The fraction of sp³-hybridized carbons (Fsp3) is 0.333. The van der Waals surface area contributed by atoms with Crippen LogP contribution < -0.4 is 9.47 Å². The van der Waals surface area contributed by atoms with Gasteiger partial charge >= 0.3 is 0 Å². The number of rotatable bonds is 13. The SMILES string of the molecule is COc1ccc(C(OC[C@H]2[C@H](OCc3ccccc3)C(CO)(CO)O[C@]2(C)O)(c2ccccc2)c2ccc(OC)cc2)cc1. The van der Waals surface area contributed by atoms with Gasteiger partial charge < -0.3 is 39.0 Å². The van der Waals surface area contributed by atoms with Crippen LogP contribution in [0, 0.1) is 5.92 Å². The first-order chi connectivity index (χ1) is 21.3. The van der Waals surface area contributed by atoms with Crippen molar-refractivity contribution in [3.05, 3.63) is 131 Å². The highest BCUT2D eigenvalue weighted by atomic mass is 16.7. The number of ether oxygens (including phenoxy) is 5. The molecule has 1 heterocycles. The smallest absolute Gasteiger partial charge is 0.171 e. The molecule has 5 rings (SSSR count). The van der Waals surface area contributed by atoms with Gasteiger partial charge in [-0.05, 0) is 53.4 Å². The molecule has 0 radical (unpaired) electrons. The minimum absolute atomic E-state index is 0.0544. The third-order valence-electron chi connectivity index (χ3n) is 8.44. The van der Waals surface area contributed by atoms with Gasteiger partial charge in [-0.15, -0.1) is 0 Å². The van der Waals surface area contributed by atoms with Crippen molar-refractivity contribution in [2.45, 2.75) is 36.6 Å². The summed E-state index contributed by atoms with van der Waals surface area (Å²) in [5, 5.41) is 32.5. The van der Waals surface area contributed by atoms with E-state index >= 15 is 0 Å². The molecule has 4 aromatic rings. The zero-order valence-electron chi connectivity index (χ0n) is 25.3. The van der Waals surface area contributed by atoms with Crippen LogP contribution in [0.2, 0.25) is 0 Å². The Balaban J connectivity index is 1.60. The quantitative estimate of drug-likeness (QED) is 0.190. The Morgan fingerprint density at radius 1 is 0.705 bits per heavy atom. The summed E-state index contributed by atoms with van der Waals surface area (Å²) >= 11 is 0. The van der Waals surface area contributed by atoms with E-state index in [0.29, 0.717) is 11.5 Å². The van der Waals surface area contributed by atoms with Gasteiger partial charge in [0.05, 0.1) is 46.6 Å². The predicted molar refractivity (Wildman–Crippen MR) is 165 cm³/mol. The monoisotopic (exact) mass is 600 g/mol. The predicted octanol–water partition coefficient (Wildman–Crippen LogP) is 4.68. The summed E-state index contributed by atoms with van der Waals surface area (Å²) in [6, 6.07) is 34.7. The number of methoxy groups -OCH3 is 2. The molecule has 0 spiro atoms. The number of hydrogen-bond donors (Lipinski definition) is 3. The molecule has 4 aromatic carbocycles. The Kier molecular flexibility index (Phi) is 9.70. The number of aliphatic hydroxyl groups excluding tert-OH is 2. The molecule has 1 saturated heterocycles. The van der Waals surface area contributed by atoms with E-state index in [2.05, 4.69) is 0 Å². The highest BCUT2D eigenvalue weighted by Gasteiger charge is 2.61. The Morgan fingerprint density at radius 3 is 1.66 bits per heavy atom. The van der Waals surface area contributed by atoms with Crippen LogP contribution >= 0.6 is 0 Å². The van der Waals surface area contributed by atoms with E-state index in [9.17, 15) is 15.3 Å². The van der Waals surface area contributed by atoms with E-state index < -0.39 is 42.2 Å². The normalized spacial score (nSPS) is 21.2. The molecule has 0 amide bonds. The summed E-state index contributed by atoms with van der Waals surface area (Å²) in [6.45, 7) is 0.524. The van der Waals surface area contributed by atoms with E-state index in [1.165, 1.54) is 6.92 Å². The Bertz CT molecular complexity index is 1400. The third kappa shape index (κ3) is 6.10. The summed E-state index contributed by atoms with van der Waals surface area (Å²) in [4.78, 5) is 0. The molecule has 1 aliphatic heterocycles. The van der Waals surface area contributed by atoms with Crippen molar-refractivity contribution in [1.29, 1.82) is 0 Å². The summed E-state index contributed by atoms with van der Waals surface area (Å²) in [7, 11) is 3.23. The van der Waals surface area contributed by atoms with Gasteiger partial charge in [0, 0.05) is 0 Å². The Labute approximate surface area is 258 Å². The van der Waals surface area contributed by atoms with E-state index in [-0.39, 0.29) is 13.2 Å². The number of aliphatic hydroxyl groups is 3. The summed E-state index contributed by atoms with van der Waals surface area (Å²) in [5.74, 6) is -1.20. The van der Waals surface area contributed by atoms with Crippen molar-refractivity contribution >= 4 is 0 Å². The zero-order valence-corrected chi connectivity index (χ0v) is 25.3. The largest absolute Gasteiger partial charge is 0.497 e. The molecular weight excluding hydrogens is 560 g/mol. The molecule has 1 aliphatic rings. The van der Waals surface area contributed by atoms with Crippen LogP contribution in [0.1, 0.15) is 29.2 Å². The Hall–Kier alpha value is -3.76. The molecule has 0 bridgehead atoms. The molecule has 3 N–H and O–H groups in total. The zero-order chi connectivity index (χ0) is 31.2. The van der Waals surface area contributed by atoms with E-state index in [1.807, 2.05) is 109 Å². The number of benzene rings is 4. The first kappa shape index (κ1) is 31.7. The van der Waals surface area contributed by atoms with Gasteiger partial charge in [0.25, 0.3) is 0 Å². The topological polar surface area (TPSA) is 107 Å².